The van der Waals surface area contributed by atoms with Crippen LogP contribution in [0.5, 0.6) is 5.75 Å². The third-order valence-electron chi connectivity index (χ3n) is 3.31. The van der Waals surface area contributed by atoms with E-state index < -0.39 is 6.04 Å². The molecule has 0 fully saturated rings. The van der Waals surface area contributed by atoms with Crippen LogP contribution in [0, 0.1) is 5.92 Å². The fourth-order valence-electron chi connectivity index (χ4n) is 2.00. The number of hydrogen-bond donors (Lipinski definition) is 3. The molecule has 1 aromatic rings. The average molecular weight is 306 g/mol. The Balaban J connectivity index is 2.68. The second kappa shape index (κ2) is 8.54. The van der Waals surface area contributed by atoms with Crippen molar-refractivity contribution in [3.05, 3.63) is 29.8 Å². The SMILES string of the molecule is CC(C)N[C@@H](Cc1ccc(O)cc1)C(=O)NCC(=O)C(C)C. The lowest BCUT2D eigenvalue weighted by Gasteiger charge is -2.21. The number of aromatic hydroxyl groups is 1. The van der Waals surface area contributed by atoms with Crippen LogP contribution in [0.2, 0.25) is 0 Å². The summed E-state index contributed by atoms with van der Waals surface area (Å²) in [5.41, 5.74) is 0.946. The highest BCUT2D eigenvalue weighted by atomic mass is 16.3. The maximum atomic E-state index is 12.3. The van der Waals surface area contributed by atoms with E-state index in [4.69, 9.17) is 0 Å². The van der Waals surface area contributed by atoms with Crippen molar-refractivity contribution >= 4 is 11.7 Å². The second-order valence-electron chi connectivity index (χ2n) is 6.08. The highest BCUT2D eigenvalue weighted by Gasteiger charge is 2.20. The Labute approximate surface area is 132 Å². The van der Waals surface area contributed by atoms with Gasteiger partial charge in [-0.3, -0.25) is 9.59 Å². The fourth-order valence-corrected chi connectivity index (χ4v) is 2.00. The van der Waals surface area contributed by atoms with Crippen LogP contribution in [-0.4, -0.2) is 35.4 Å². The van der Waals surface area contributed by atoms with E-state index in [2.05, 4.69) is 10.6 Å². The third kappa shape index (κ3) is 6.26. The summed E-state index contributed by atoms with van der Waals surface area (Å²) >= 11 is 0. The van der Waals surface area contributed by atoms with Crippen LogP contribution in [0.4, 0.5) is 0 Å². The highest BCUT2D eigenvalue weighted by Crippen LogP contribution is 2.11. The molecule has 0 bridgehead atoms. The lowest BCUT2D eigenvalue weighted by atomic mass is 10.0. The molecule has 0 aliphatic rings. The Morgan fingerprint density at radius 2 is 1.68 bits per heavy atom. The van der Waals surface area contributed by atoms with Gasteiger partial charge >= 0.3 is 0 Å². The van der Waals surface area contributed by atoms with Crippen LogP contribution in [0.15, 0.2) is 24.3 Å². The standard InChI is InChI=1S/C17H26N2O3/c1-11(2)16(21)10-18-17(22)15(19-12(3)4)9-13-5-7-14(20)8-6-13/h5-8,11-12,15,19-20H,9-10H2,1-4H3,(H,18,22)/t15-/m0/s1. The molecule has 0 saturated carbocycles. The molecule has 1 amide bonds. The zero-order valence-corrected chi connectivity index (χ0v) is 13.7. The van der Waals surface area contributed by atoms with E-state index in [-0.39, 0.29) is 35.9 Å². The van der Waals surface area contributed by atoms with Gasteiger partial charge in [0.05, 0.1) is 12.6 Å². The zero-order valence-electron chi connectivity index (χ0n) is 13.7. The van der Waals surface area contributed by atoms with Crippen LogP contribution in [-0.2, 0) is 16.0 Å². The predicted octanol–water partition coefficient (Wildman–Crippen LogP) is 1.64. The van der Waals surface area contributed by atoms with E-state index in [1.54, 1.807) is 24.3 Å². The monoisotopic (exact) mass is 306 g/mol. The second-order valence-corrected chi connectivity index (χ2v) is 6.08. The molecule has 1 rings (SSSR count). The summed E-state index contributed by atoms with van der Waals surface area (Å²) in [6, 6.07) is 6.51. The summed E-state index contributed by atoms with van der Waals surface area (Å²) in [5, 5.41) is 15.2. The van der Waals surface area contributed by atoms with Crippen LogP contribution in [0.25, 0.3) is 0 Å². The van der Waals surface area contributed by atoms with Crippen molar-refractivity contribution in [2.24, 2.45) is 5.92 Å². The van der Waals surface area contributed by atoms with Crippen LogP contribution in [0.3, 0.4) is 0 Å². The van der Waals surface area contributed by atoms with E-state index in [1.165, 1.54) is 0 Å². The molecule has 122 valence electrons. The lowest BCUT2D eigenvalue weighted by Crippen LogP contribution is -2.49. The van der Waals surface area contributed by atoms with Crippen LogP contribution >= 0.6 is 0 Å². The molecule has 0 unspecified atom stereocenters. The van der Waals surface area contributed by atoms with Gasteiger partial charge in [-0.15, -0.1) is 0 Å². The molecule has 0 aromatic heterocycles. The normalized spacial score (nSPS) is 12.5. The van der Waals surface area contributed by atoms with Gasteiger partial charge < -0.3 is 15.7 Å². The molecule has 1 atom stereocenters. The first-order chi connectivity index (χ1) is 10.3. The van der Waals surface area contributed by atoms with Gasteiger partial charge in [-0.2, -0.15) is 0 Å². The predicted molar refractivity (Wildman–Crippen MR) is 86.7 cm³/mol. The Bertz CT molecular complexity index is 495. The molecule has 0 spiro atoms. The van der Waals surface area contributed by atoms with Gasteiger partial charge in [0.1, 0.15) is 5.75 Å². The van der Waals surface area contributed by atoms with Gasteiger partial charge in [0.25, 0.3) is 0 Å². The van der Waals surface area contributed by atoms with Gasteiger partial charge in [0, 0.05) is 12.0 Å². The van der Waals surface area contributed by atoms with Crippen LogP contribution < -0.4 is 10.6 Å². The number of Topliss-reactive ketones (excluding diaryl/α,β-unsaturated/α-hetero) is 1. The maximum Gasteiger partial charge on any atom is 0.237 e. The van der Waals surface area contributed by atoms with Gasteiger partial charge in [0.15, 0.2) is 5.78 Å². The van der Waals surface area contributed by atoms with E-state index in [1.807, 2.05) is 27.7 Å². The average Bonchev–Trinajstić information content (AvgIpc) is 2.45. The lowest BCUT2D eigenvalue weighted by molar-refractivity contribution is -0.127. The summed E-state index contributed by atoms with van der Waals surface area (Å²) in [7, 11) is 0. The number of rotatable bonds is 8. The first-order valence-electron chi connectivity index (χ1n) is 7.64. The first-order valence-corrected chi connectivity index (χ1v) is 7.64. The number of benzene rings is 1. The fraction of sp³-hybridized carbons (Fsp3) is 0.529. The van der Waals surface area contributed by atoms with Crippen molar-refractivity contribution in [1.82, 2.24) is 10.6 Å². The van der Waals surface area contributed by atoms with E-state index >= 15 is 0 Å². The molecule has 5 nitrogen and oxygen atoms in total. The minimum Gasteiger partial charge on any atom is -0.508 e. The molecule has 0 heterocycles. The topological polar surface area (TPSA) is 78.4 Å². The van der Waals surface area contributed by atoms with E-state index in [0.29, 0.717) is 6.42 Å². The van der Waals surface area contributed by atoms with Crippen molar-refractivity contribution in [3.8, 4) is 5.75 Å². The van der Waals surface area contributed by atoms with Gasteiger partial charge in [-0.05, 0) is 24.1 Å². The minimum absolute atomic E-state index is 0.0151. The van der Waals surface area contributed by atoms with Crippen molar-refractivity contribution in [2.45, 2.75) is 46.2 Å². The Kier molecular flexibility index (Phi) is 7.05. The molecule has 0 saturated heterocycles. The summed E-state index contributed by atoms with van der Waals surface area (Å²) in [4.78, 5) is 23.9. The van der Waals surface area contributed by atoms with Crippen molar-refractivity contribution in [2.75, 3.05) is 6.54 Å². The molecular formula is C17H26N2O3. The van der Waals surface area contributed by atoms with Gasteiger partial charge in [-0.25, -0.2) is 0 Å². The molecule has 1 aromatic carbocycles. The number of nitrogens with one attached hydrogen (secondary N) is 2. The van der Waals surface area contributed by atoms with Gasteiger partial charge in [0.2, 0.25) is 5.91 Å². The zero-order chi connectivity index (χ0) is 16.7. The molecule has 0 aliphatic heterocycles. The van der Waals surface area contributed by atoms with E-state index in [0.717, 1.165) is 5.56 Å². The number of ketones is 1. The van der Waals surface area contributed by atoms with Crippen molar-refractivity contribution in [1.29, 1.82) is 0 Å². The van der Waals surface area contributed by atoms with Crippen molar-refractivity contribution < 1.29 is 14.7 Å². The molecule has 22 heavy (non-hydrogen) atoms. The molecular weight excluding hydrogens is 280 g/mol. The molecule has 5 heteroatoms. The Morgan fingerprint density at radius 3 is 2.18 bits per heavy atom. The molecule has 3 N–H and O–H groups in total. The largest absolute Gasteiger partial charge is 0.508 e. The quantitative estimate of drug-likeness (QED) is 0.682. The Morgan fingerprint density at radius 1 is 1.09 bits per heavy atom. The van der Waals surface area contributed by atoms with Gasteiger partial charge in [-0.1, -0.05) is 39.8 Å². The summed E-state index contributed by atoms with van der Waals surface area (Å²) in [6.45, 7) is 7.62. The molecule has 0 aliphatic carbocycles. The summed E-state index contributed by atoms with van der Waals surface area (Å²) < 4.78 is 0. The highest BCUT2D eigenvalue weighted by molar-refractivity contribution is 5.89. The van der Waals surface area contributed by atoms with Crippen molar-refractivity contribution in [3.63, 3.8) is 0 Å². The number of amides is 1. The number of carbonyl (C=O) groups excluding carboxylic acids is 2. The van der Waals surface area contributed by atoms with Crippen LogP contribution in [0.1, 0.15) is 33.3 Å². The molecule has 0 radical (unpaired) electrons. The first kappa shape index (κ1) is 18.2. The Hall–Kier alpha value is -1.88. The summed E-state index contributed by atoms with van der Waals surface area (Å²) in [5.74, 6) is -0.0601. The van der Waals surface area contributed by atoms with E-state index in [9.17, 15) is 14.7 Å². The summed E-state index contributed by atoms with van der Waals surface area (Å²) in [6.07, 6.45) is 0.500. The maximum absolute atomic E-state index is 12.3. The smallest absolute Gasteiger partial charge is 0.237 e. The number of phenols is 1. The third-order valence-corrected chi connectivity index (χ3v) is 3.31. The number of hydrogen-bond acceptors (Lipinski definition) is 4. The number of carbonyl (C=O) groups is 2. The minimum atomic E-state index is -0.412. The number of phenolic OH excluding ortho intramolecular Hbond substituents is 1.